The lowest BCUT2D eigenvalue weighted by Gasteiger charge is -2.20. The number of pyridine rings is 1. The quantitative estimate of drug-likeness (QED) is 0.430. The van der Waals surface area contributed by atoms with E-state index in [1.54, 1.807) is 18.2 Å². The molecule has 0 unspecified atom stereocenters. The van der Waals surface area contributed by atoms with E-state index in [4.69, 9.17) is 9.40 Å². The number of likely N-dealkylation sites (tertiary alicyclic amines) is 1. The average molecular weight is 478 g/mol. The molecule has 1 aromatic carbocycles. The monoisotopic (exact) mass is 477 g/mol. The van der Waals surface area contributed by atoms with Crippen LogP contribution in [-0.2, 0) is 17.6 Å². The van der Waals surface area contributed by atoms with Gasteiger partial charge in [-0.15, -0.1) is 0 Å². The summed E-state index contributed by atoms with van der Waals surface area (Å²) in [5, 5.41) is 15.7. The molecule has 9 nitrogen and oxygen atoms in total. The van der Waals surface area contributed by atoms with Crippen LogP contribution < -0.4 is 10.6 Å². The maximum atomic E-state index is 12.6. The van der Waals surface area contributed by atoms with E-state index in [0.29, 0.717) is 35.5 Å². The molecule has 35 heavy (non-hydrogen) atoms. The summed E-state index contributed by atoms with van der Waals surface area (Å²) in [5.74, 6) is 0.176. The molecular formula is C26H31N5O4. The number of carbonyl (C=O) groups excluding carboxylic acids is 1. The third-order valence-electron chi connectivity index (χ3n) is 7.06. The third-order valence-corrected chi connectivity index (χ3v) is 7.06. The number of carbonyl (C=O) groups is 2. The molecule has 1 saturated heterocycles. The maximum absolute atomic E-state index is 12.6. The summed E-state index contributed by atoms with van der Waals surface area (Å²) >= 11 is 0. The second-order valence-electron chi connectivity index (χ2n) is 9.52. The predicted molar refractivity (Wildman–Crippen MR) is 131 cm³/mol. The molecule has 2 aliphatic heterocycles. The molecule has 9 heteroatoms. The lowest BCUT2D eigenvalue weighted by molar-refractivity contribution is -0.139. The first-order chi connectivity index (χ1) is 17.0. The van der Waals surface area contributed by atoms with Crippen LogP contribution in [0.15, 0.2) is 41.1 Å². The molecule has 0 spiro atoms. The lowest BCUT2D eigenvalue weighted by atomic mass is 10.00. The number of rotatable bonds is 9. The van der Waals surface area contributed by atoms with Crippen molar-refractivity contribution in [1.82, 2.24) is 20.2 Å². The van der Waals surface area contributed by atoms with Crippen molar-refractivity contribution in [2.75, 3.05) is 31.5 Å². The Kier molecular flexibility index (Phi) is 6.94. The molecule has 0 bridgehead atoms. The van der Waals surface area contributed by atoms with Crippen molar-refractivity contribution in [3.8, 4) is 0 Å². The summed E-state index contributed by atoms with van der Waals surface area (Å²) < 4.78 is 5.19. The van der Waals surface area contributed by atoms with Crippen LogP contribution in [-0.4, -0.2) is 64.1 Å². The van der Waals surface area contributed by atoms with Gasteiger partial charge in [-0.3, -0.25) is 4.79 Å². The summed E-state index contributed by atoms with van der Waals surface area (Å²) in [7, 11) is 0. The number of aryl methyl sites for hydroxylation is 2. The molecule has 0 aliphatic carbocycles. The van der Waals surface area contributed by atoms with Crippen molar-refractivity contribution in [2.45, 2.75) is 44.6 Å². The van der Waals surface area contributed by atoms with E-state index >= 15 is 0 Å². The molecule has 2 atom stereocenters. The van der Waals surface area contributed by atoms with Crippen molar-refractivity contribution in [3.63, 3.8) is 0 Å². The van der Waals surface area contributed by atoms with Crippen molar-refractivity contribution >= 4 is 28.8 Å². The number of aliphatic carboxylic acids is 1. The Labute approximate surface area is 203 Å². The van der Waals surface area contributed by atoms with Gasteiger partial charge in [0.25, 0.3) is 5.91 Å². The number of fused-ring (bicyclic) bond motifs is 2. The van der Waals surface area contributed by atoms with Gasteiger partial charge < -0.3 is 25.1 Å². The number of anilines is 1. The number of hydrogen-bond acceptors (Lipinski definition) is 7. The van der Waals surface area contributed by atoms with Crippen molar-refractivity contribution in [1.29, 1.82) is 0 Å². The Balaban J connectivity index is 1.09. The summed E-state index contributed by atoms with van der Waals surface area (Å²) in [6.07, 6.45) is 7.07. The summed E-state index contributed by atoms with van der Waals surface area (Å²) in [4.78, 5) is 35.6. The molecule has 0 radical (unpaired) electrons. The minimum absolute atomic E-state index is 0.359. The van der Waals surface area contributed by atoms with Gasteiger partial charge in [0.05, 0.1) is 0 Å². The highest BCUT2D eigenvalue weighted by molar-refractivity contribution is 5.98. The zero-order valence-corrected chi connectivity index (χ0v) is 19.7. The molecule has 0 saturated carbocycles. The van der Waals surface area contributed by atoms with Crippen LogP contribution in [0.3, 0.4) is 0 Å². The van der Waals surface area contributed by atoms with E-state index in [-0.39, 0.29) is 0 Å². The standard InChI is InChI=1S/C26H31N5O4/c32-25(19-5-8-23-22(14-19)28-16-35-23)30-21(26(33)34)10-13-31-12-9-17(15-31)3-6-20-7-4-18-2-1-11-27-24(18)29-20/h4-5,7-8,14,16-17,21H,1-3,6,9-13,15H2,(H,27,29)(H,30,32)(H,33,34)/t17-,21+/m1/s1. The van der Waals surface area contributed by atoms with Crippen LogP contribution in [0.25, 0.3) is 11.1 Å². The zero-order valence-electron chi connectivity index (χ0n) is 19.7. The fraction of sp³-hybridized carbons (Fsp3) is 0.462. The smallest absolute Gasteiger partial charge is 0.326 e. The first kappa shape index (κ1) is 23.3. The largest absolute Gasteiger partial charge is 0.480 e. The Bertz CT molecular complexity index is 1210. The molecule has 1 amide bonds. The van der Waals surface area contributed by atoms with Crippen molar-refractivity contribution in [3.05, 3.63) is 53.5 Å². The number of carboxylic acid groups (broad SMARTS) is 1. The molecule has 184 valence electrons. The minimum Gasteiger partial charge on any atom is -0.480 e. The second kappa shape index (κ2) is 10.4. The molecule has 5 rings (SSSR count). The van der Waals surface area contributed by atoms with E-state index in [0.717, 1.165) is 63.3 Å². The van der Waals surface area contributed by atoms with Crippen LogP contribution in [0.5, 0.6) is 0 Å². The van der Waals surface area contributed by atoms with Crippen LogP contribution >= 0.6 is 0 Å². The Morgan fingerprint density at radius 2 is 2.20 bits per heavy atom. The molecule has 2 aliphatic rings. The summed E-state index contributed by atoms with van der Waals surface area (Å²) in [6, 6.07) is 8.29. The van der Waals surface area contributed by atoms with Crippen LogP contribution in [0.1, 0.15) is 47.3 Å². The first-order valence-corrected chi connectivity index (χ1v) is 12.4. The van der Waals surface area contributed by atoms with E-state index in [2.05, 4.69) is 32.7 Å². The average Bonchev–Trinajstić information content (AvgIpc) is 3.53. The van der Waals surface area contributed by atoms with Gasteiger partial charge >= 0.3 is 5.97 Å². The highest BCUT2D eigenvalue weighted by Crippen LogP contribution is 2.24. The number of nitrogens with zero attached hydrogens (tertiary/aromatic N) is 3. The second-order valence-corrected chi connectivity index (χ2v) is 9.52. The van der Waals surface area contributed by atoms with E-state index < -0.39 is 17.9 Å². The molecule has 4 heterocycles. The third kappa shape index (κ3) is 5.62. The Morgan fingerprint density at radius 3 is 3.09 bits per heavy atom. The van der Waals surface area contributed by atoms with Gasteiger partial charge in [0.15, 0.2) is 12.0 Å². The van der Waals surface area contributed by atoms with Gasteiger partial charge in [0, 0.05) is 30.9 Å². The molecule has 2 aromatic heterocycles. The van der Waals surface area contributed by atoms with E-state index in [9.17, 15) is 14.7 Å². The predicted octanol–water partition coefficient (Wildman–Crippen LogP) is 3.11. The molecular weight excluding hydrogens is 446 g/mol. The number of amides is 1. The van der Waals surface area contributed by atoms with E-state index in [1.165, 1.54) is 12.0 Å². The highest BCUT2D eigenvalue weighted by atomic mass is 16.4. The fourth-order valence-electron chi connectivity index (χ4n) is 5.02. The fourth-order valence-corrected chi connectivity index (χ4v) is 5.02. The van der Waals surface area contributed by atoms with Gasteiger partial charge in [0.2, 0.25) is 0 Å². The van der Waals surface area contributed by atoms with Crippen molar-refractivity contribution in [2.24, 2.45) is 5.92 Å². The zero-order chi connectivity index (χ0) is 24.2. The number of hydrogen-bond donors (Lipinski definition) is 3. The van der Waals surface area contributed by atoms with Gasteiger partial charge in [0.1, 0.15) is 17.4 Å². The Hall–Kier alpha value is -3.46. The number of benzene rings is 1. The van der Waals surface area contributed by atoms with E-state index in [1.807, 2.05) is 0 Å². The number of carboxylic acids is 1. The SMILES string of the molecule is O=C(N[C@@H](CCN1CC[C@@H](CCc2ccc3c(n2)NCCC3)C1)C(=O)O)c1ccc2ocnc2c1. The van der Waals surface area contributed by atoms with Gasteiger partial charge in [-0.25, -0.2) is 14.8 Å². The van der Waals surface area contributed by atoms with Gasteiger partial charge in [-0.1, -0.05) is 6.07 Å². The molecule has 3 aromatic rings. The number of nitrogens with one attached hydrogen (secondary N) is 2. The number of aromatic nitrogens is 2. The summed E-state index contributed by atoms with van der Waals surface area (Å²) in [5.41, 5.74) is 3.96. The van der Waals surface area contributed by atoms with Crippen LogP contribution in [0.4, 0.5) is 5.82 Å². The lowest BCUT2D eigenvalue weighted by Crippen LogP contribution is -2.43. The van der Waals surface area contributed by atoms with Gasteiger partial charge in [-0.05, 0) is 80.8 Å². The van der Waals surface area contributed by atoms with Crippen LogP contribution in [0.2, 0.25) is 0 Å². The Morgan fingerprint density at radius 1 is 1.29 bits per heavy atom. The summed E-state index contributed by atoms with van der Waals surface area (Å²) in [6.45, 7) is 3.53. The number of oxazole rings is 1. The topological polar surface area (TPSA) is 121 Å². The normalized spacial score (nSPS) is 18.7. The molecule has 3 N–H and O–H groups in total. The van der Waals surface area contributed by atoms with Gasteiger partial charge in [-0.2, -0.15) is 0 Å². The van der Waals surface area contributed by atoms with Crippen LogP contribution in [0, 0.1) is 5.92 Å². The minimum atomic E-state index is -1.02. The highest BCUT2D eigenvalue weighted by Gasteiger charge is 2.26. The maximum Gasteiger partial charge on any atom is 0.326 e. The first-order valence-electron chi connectivity index (χ1n) is 12.4. The molecule has 1 fully saturated rings. The van der Waals surface area contributed by atoms with Crippen molar-refractivity contribution < 1.29 is 19.1 Å².